The standard InChI is InChI=1S/C17H19N3O3/c1-12-11-20(8-7-18-12)17(22)13-4-2-5-14(10-13)19-16(21)15-6-3-9-23-15/h2-6,9-10,12,18H,7-8,11H2,1H3,(H,19,21). The second-order valence-electron chi connectivity index (χ2n) is 5.62. The third-order valence-electron chi connectivity index (χ3n) is 3.77. The molecule has 0 bridgehead atoms. The fourth-order valence-corrected chi connectivity index (χ4v) is 2.63. The SMILES string of the molecule is CC1CN(C(=O)c2cccc(NC(=O)c3ccco3)c2)CCN1. The molecule has 1 unspecified atom stereocenters. The largest absolute Gasteiger partial charge is 0.459 e. The lowest BCUT2D eigenvalue weighted by Gasteiger charge is -2.32. The summed E-state index contributed by atoms with van der Waals surface area (Å²) in [4.78, 5) is 26.4. The van der Waals surface area contributed by atoms with Crippen LogP contribution in [0.2, 0.25) is 0 Å². The molecule has 0 spiro atoms. The number of rotatable bonds is 3. The molecular weight excluding hydrogens is 294 g/mol. The van der Waals surface area contributed by atoms with Gasteiger partial charge in [0, 0.05) is 36.9 Å². The van der Waals surface area contributed by atoms with Gasteiger partial charge in [-0.25, -0.2) is 0 Å². The van der Waals surface area contributed by atoms with E-state index in [4.69, 9.17) is 4.42 Å². The van der Waals surface area contributed by atoms with E-state index in [1.54, 1.807) is 36.4 Å². The third kappa shape index (κ3) is 3.60. The zero-order chi connectivity index (χ0) is 16.2. The van der Waals surface area contributed by atoms with Gasteiger partial charge in [-0.1, -0.05) is 6.07 Å². The molecule has 1 saturated heterocycles. The Morgan fingerprint density at radius 3 is 2.91 bits per heavy atom. The van der Waals surface area contributed by atoms with Crippen molar-refractivity contribution in [2.45, 2.75) is 13.0 Å². The van der Waals surface area contributed by atoms with Crippen LogP contribution in [-0.4, -0.2) is 42.4 Å². The van der Waals surface area contributed by atoms with Crippen molar-refractivity contribution in [2.75, 3.05) is 25.0 Å². The molecule has 1 aliphatic rings. The lowest BCUT2D eigenvalue weighted by Crippen LogP contribution is -2.51. The van der Waals surface area contributed by atoms with Crippen molar-refractivity contribution < 1.29 is 14.0 Å². The maximum atomic E-state index is 12.6. The number of benzene rings is 1. The minimum absolute atomic E-state index is 0.0209. The number of nitrogens with one attached hydrogen (secondary N) is 2. The smallest absolute Gasteiger partial charge is 0.291 e. The molecule has 2 aromatic rings. The Hall–Kier alpha value is -2.60. The van der Waals surface area contributed by atoms with E-state index in [-0.39, 0.29) is 23.6 Å². The first-order valence-electron chi connectivity index (χ1n) is 7.61. The fourth-order valence-electron chi connectivity index (χ4n) is 2.63. The van der Waals surface area contributed by atoms with E-state index in [0.29, 0.717) is 24.3 Å². The molecule has 6 heteroatoms. The predicted molar refractivity (Wildman–Crippen MR) is 86.5 cm³/mol. The van der Waals surface area contributed by atoms with Crippen LogP contribution >= 0.6 is 0 Å². The molecule has 1 fully saturated rings. The number of amides is 2. The quantitative estimate of drug-likeness (QED) is 0.908. The molecule has 6 nitrogen and oxygen atoms in total. The molecule has 23 heavy (non-hydrogen) atoms. The summed E-state index contributed by atoms with van der Waals surface area (Å²) in [5.41, 5.74) is 1.14. The normalized spacial score (nSPS) is 17.8. The molecule has 1 atom stereocenters. The van der Waals surface area contributed by atoms with Crippen LogP contribution in [0, 0.1) is 0 Å². The van der Waals surface area contributed by atoms with Crippen LogP contribution in [0.4, 0.5) is 5.69 Å². The topological polar surface area (TPSA) is 74.6 Å². The molecule has 3 rings (SSSR count). The van der Waals surface area contributed by atoms with Gasteiger partial charge in [0.15, 0.2) is 5.76 Å². The molecule has 1 aliphatic heterocycles. The van der Waals surface area contributed by atoms with Gasteiger partial charge in [-0.15, -0.1) is 0 Å². The van der Waals surface area contributed by atoms with Crippen molar-refractivity contribution in [1.29, 1.82) is 0 Å². The van der Waals surface area contributed by atoms with Crippen molar-refractivity contribution in [3.05, 3.63) is 54.0 Å². The number of nitrogens with zero attached hydrogens (tertiary/aromatic N) is 1. The van der Waals surface area contributed by atoms with Gasteiger partial charge in [-0.2, -0.15) is 0 Å². The molecule has 0 aliphatic carbocycles. The van der Waals surface area contributed by atoms with Crippen molar-refractivity contribution in [1.82, 2.24) is 10.2 Å². The highest BCUT2D eigenvalue weighted by molar-refractivity contribution is 6.03. The van der Waals surface area contributed by atoms with Gasteiger partial charge in [0.2, 0.25) is 0 Å². The maximum absolute atomic E-state index is 12.6. The summed E-state index contributed by atoms with van der Waals surface area (Å²) in [6.45, 7) is 4.22. The van der Waals surface area contributed by atoms with Gasteiger partial charge >= 0.3 is 0 Å². The van der Waals surface area contributed by atoms with Crippen LogP contribution in [0.15, 0.2) is 47.1 Å². The van der Waals surface area contributed by atoms with Gasteiger partial charge in [-0.05, 0) is 37.3 Å². The van der Waals surface area contributed by atoms with Gasteiger partial charge in [0.25, 0.3) is 11.8 Å². The summed E-state index contributed by atoms with van der Waals surface area (Å²) in [6, 6.07) is 10.5. The van der Waals surface area contributed by atoms with E-state index in [1.165, 1.54) is 6.26 Å². The van der Waals surface area contributed by atoms with E-state index < -0.39 is 0 Å². The third-order valence-corrected chi connectivity index (χ3v) is 3.77. The number of furan rings is 1. The first-order valence-corrected chi connectivity index (χ1v) is 7.61. The first-order chi connectivity index (χ1) is 11.1. The Morgan fingerprint density at radius 1 is 1.30 bits per heavy atom. The average Bonchev–Trinajstić information content (AvgIpc) is 3.09. The van der Waals surface area contributed by atoms with Gasteiger partial charge in [0.05, 0.1) is 6.26 Å². The minimum atomic E-state index is -0.338. The van der Waals surface area contributed by atoms with E-state index in [1.807, 2.05) is 4.90 Å². The second kappa shape index (κ2) is 6.66. The monoisotopic (exact) mass is 313 g/mol. The second-order valence-corrected chi connectivity index (χ2v) is 5.62. The Balaban J connectivity index is 1.72. The van der Waals surface area contributed by atoms with Crippen molar-refractivity contribution >= 4 is 17.5 Å². The minimum Gasteiger partial charge on any atom is -0.459 e. The summed E-state index contributed by atoms with van der Waals surface area (Å²) in [5, 5.41) is 6.05. The van der Waals surface area contributed by atoms with Crippen LogP contribution in [0.3, 0.4) is 0 Å². The Morgan fingerprint density at radius 2 is 2.17 bits per heavy atom. The van der Waals surface area contributed by atoms with Crippen molar-refractivity contribution in [3.8, 4) is 0 Å². The highest BCUT2D eigenvalue weighted by Crippen LogP contribution is 2.15. The summed E-state index contributed by atoms with van der Waals surface area (Å²) in [5.74, 6) is -0.125. The van der Waals surface area contributed by atoms with E-state index >= 15 is 0 Å². The summed E-state index contributed by atoms with van der Waals surface area (Å²) in [6.07, 6.45) is 1.44. The van der Waals surface area contributed by atoms with Gasteiger partial charge < -0.3 is 20.0 Å². The fraction of sp³-hybridized carbons (Fsp3) is 0.294. The van der Waals surface area contributed by atoms with Gasteiger partial charge in [-0.3, -0.25) is 9.59 Å². The van der Waals surface area contributed by atoms with E-state index in [9.17, 15) is 9.59 Å². The Bertz CT molecular complexity index is 697. The van der Waals surface area contributed by atoms with Gasteiger partial charge in [0.1, 0.15) is 0 Å². The molecule has 2 heterocycles. The summed E-state index contributed by atoms with van der Waals surface area (Å²) in [7, 11) is 0. The summed E-state index contributed by atoms with van der Waals surface area (Å²) >= 11 is 0. The number of hydrogen-bond donors (Lipinski definition) is 2. The van der Waals surface area contributed by atoms with E-state index in [0.717, 1.165) is 6.54 Å². The number of carbonyl (C=O) groups is 2. The lowest BCUT2D eigenvalue weighted by molar-refractivity contribution is 0.0709. The highest BCUT2D eigenvalue weighted by Gasteiger charge is 2.21. The van der Waals surface area contributed by atoms with Crippen LogP contribution in [-0.2, 0) is 0 Å². The number of anilines is 1. The summed E-state index contributed by atoms with van der Waals surface area (Å²) < 4.78 is 5.06. The zero-order valence-electron chi connectivity index (χ0n) is 12.9. The van der Waals surface area contributed by atoms with Crippen LogP contribution in [0.1, 0.15) is 27.8 Å². The van der Waals surface area contributed by atoms with Crippen LogP contribution < -0.4 is 10.6 Å². The number of piperazine rings is 1. The van der Waals surface area contributed by atoms with Crippen molar-refractivity contribution in [2.24, 2.45) is 0 Å². The molecule has 1 aromatic heterocycles. The predicted octanol–water partition coefficient (Wildman–Crippen LogP) is 1.97. The number of carbonyl (C=O) groups excluding carboxylic acids is 2. The zero-order valence-corrected chi connectivity index (χ0v) is 12.9. The molecule has 1 aromatic carbocycles. The highest BCUT2D eigenvalue weighted by atomic mass is 16.3. The van der Waals surface area contributed by atoms with Crippen LogP contribution in [0.5, 0.6) is 0 Å². The van der Waals surface area contributed by atoms with E-state index in [2.05, 4.69) is 17.6 Å². The van der Waals surface area contributed by atoms with Crippen molar-refractivity contribution in [3.63, 3.8) is 0 Å². The maximum Gasteiger partial charge on any atom is 0.291 e. The Labute approximate surface area is 134 Å². The Kier molecular flexibility index (Phi) is 4.43. The molecular formula is C17H19N3O3. The molecule has 2 N–H and O–H groups in total. The first kappa shape index (κ1) is 15.3. The molecule has 120 valence electrons. The molecule has 0 saturated carbocycles. The molecule has 0 radical (unpaired) electrons. The average molecular weight is 313 g/mol. The van der Waals surface area contributed by atoms with Crippen LogP contribution in [0.25, 0.3) is 0 Å². The molecule has 2 amide bonds. The number of hydrogen-bond acceptors (Lipinski definition) is 4. The lowest BCUT2D eigenvalue weighted by atomic mass is 10.1.